The second kappa shape index (κ2) is 6.23. The summed E-state index contributed by atoms with van der Waals surface area (Å²) >= 11 is 0. The first-order chi connectivity index (χ1) is 12.7. The van der Waals surface area contributed by atoms with E-state index < -0.39 is 0 Å². The molecule has 0 N–H and O–H groups in total. The van der Waals surface area contributed by atoms with Crippen molar-refractivity contribution in [3.63, 3.8) is 0 Å². The average Bonchev–Trinajstić information content (AvgIpc) is 3.22. The van der Waals surface area contributed by atoms with Gasteiger partial charge in [0.25, 0.3) is 0 Å². The summed E-state index contributed by atoms with van der Waals surface area (Å²) in [6, 6.07) is 9.51. The van der Waals surface area contributed by atoms with Crippen LogP contribution >= 0.6 is 0 Å². The molecule has 0 spiro atoms. The quantitative estimate of drug-likeness (QED) is 0.543. The minimum absolute atomic E-state index is 0.191. The lowest BCUT2D eigenvalue weighted by atomic mass is 9.79. The molecule has 4 rings (SSSR count). The highest BCUT2D eigenvalue weighted by molar-refractivity contribution is 5.69. The van der Waals surface area contributed by atoms with E-state index in [1.165, 1.54) is 33.4 Å². The standard InChI is InChI=1S/C27H32/c1-26(2,3)24-15-13-18(20-9-7-11-22(20)24)17-19-14-16-25(27(4,5)6)23-12-8-10-21(19)23/h7-8,11-16H,9-10,17H2,1-6H3. The molecule has 0 amide bonds. The fraction of sp³-hybridized carbons (Fsp3) is 0.407. The van der Waals surface area contributed by atoms with E-state index in [4.69, 9.17) is 0 Å². The lowest BCUT2D eigenvalue weighted by Crippen LogP contribution is -2.15. The van der Waals surface area contributed by atoms with Crippen molar-refractivity contribution in [2.75, 3.05) is 0 Å². The van der Waals surface area contributed by atoms with Crippen molar-refractivity contribution in [2.45, 2.75) is 71.6 Å². The summed E-state index contributed by atoms with van der Waals surface area (Å²) in [7, 11) is 0. The van der Waals surface area contributed by atoms with Gasteiger partial charge >= 0.3 is 0 Å². The van der Waals surface area contributed by atoms with E-state index in [0.29, 0.717) is 0 Å². The summed E-state index contributed by atoms with van der Waals surface area (Å²) in [5, 5.41) is 0. The van der Waals surface area contributed by atoms with E-state index in [-0.39, 0.29) is 10.8 Å². The van der Waals surface area contributed by atoms with Crippen LogP contribution in [0.15, 0.2) is 36.4 Å². The number of rotatable bonds is 2. The topological polar surface area (TPSA) is 0 Å². The molecule has 0 atom stereocenters. The summed E-state index contributed by atoms with van der Waals surface area (Å²) in [6.45, 7) is 13.9. The fourth-order valence-electron chi connectivity index (χ4n) is 4.72. The molecule has 0 radical (unpaired) electrons. The molecule has 0 heterocycles. The van der Waals surface area contributed by atoms with Crippen LogP contribution < -0.4 is 0 Å². The van der Waals surface area contributed by atoms with Crippen LogP contribution in [0.3, 0.4) is 0 Å². The third-order valence-corrected chi connectivity index (χ3v) is 6.12. The zero-order chi connectivity index (χ0) is 19.4. The van der Waals surface area contributed by atoms with Gasteiger partial charge in [-0.25, -0.2) is 0 Å². The minimum Gasteiger partial charge on any atom is -0.0795 e. The van der Waals surface area contributed by atoms with Gasteiger partial charge in [-0.15, -0.1) is 0 Å². The Bertz CT molecular complexity index is 873. The number of allylic oxidation sites excluding steroid dienone is 2. The van der Waals surface area contributed by atoms with Crippen molar-refractivity contribution < 1.29 is 0 Å². The maximum absolute atomic E-state index is 2.39. The number of hydrogen-bond acceptors (Lipinski definition) is 0. The minimum atomic E-state index is 0.191. The van der Waals surface area contributed by atoms with Crippen LogP contribution in [0.5, 0.6) is 0 Å². The van der Waals surface area contributed by atoms with E-state index >= 15 is 0 Å². The zero-order valence-electron chi connectivity index (χ0n) is 17.7. The molecule has 0 aliphatic heterocycles. The highest BCUT2D eigenvalue weighted by atomic mass is 14.3. The molecule has 0 bridgehead atoms. The van der Waals surface area contributed by atoms with Gasteiger partial charge in [0.15, 0.2) is 0 Å². The van der Waals surface area contributed by atoms with Crippen LogP contribution in [-0.2, 0) is 30.1 Å². The Balaban J connectivity index is 1.75. The van der Waals surface area contributed by atoms with Crippen LogP contribution in [0, 0.1) is 0 Å². The van der Waals surface area contributed by atoms with Crippen molar-refractivity contribution in [3.05, 3.63) is 80.9 Å². The van der Waals surface area contributed by atoms with Crippen molar-refractivity contribution in [3.8, 4) is 0 Å². The molecule has 0 aromatic heterocycles. The smallest absolute Gasteiger partial charge is 0.00196 e. The second-order valence-electron chi connectivity index (χ2n) is 10.2. The average molecular weight is 357 g/mol. The Morgan fingerprint density at radius 3 is 1.41 bits per heavy atom. The van der Waals surface area contributed by atoms with E-state index in [9.17, 15) is 0 Å². The zero-order valence-corrected chi connectivity index (χ0v) is 17.7. The van der Waals surface area contributed by atoms with Gasteiger partial charge in [-0.2, -0.15) is 0 Å². The molecule has 27 heavy (non-hydrogen) atoms. The molecule has 2 aliphatic carbocycles. The number of fused-ring (bicyclic) bond motifs is 2. The normalized spacial score (nSPS) is 15.3. The Kier molecular flexibility index (Phi) is 4.22. The first-order valence-electron chi connectivity index (χ1n) is 10.3. The molecular formula is C27H32. The van der Waals surface area contributed by atoms with Crippen LogP contribution in [0.2, 0.25) is 0 Å². The van der Waals surface area contributed by atoms with Gasteiger partial charge in [-0.3, -0.25) is 0 Å². The lowest BCUT2D eigenvalue weighted by molar-refractivity contribution is 0.588. The van der Waals surface area contributed by atoms with Crippen molar-refractivity contribution >= 4 is 12.2 Å². The van der Waals surface area contributed by atoms with Crippen LogP contribution in [0.4, 0.5) is 0 Å². The predicted molar refractivity (Wildman–Crippen MR) is 119 cm³/mol. The highest BCUT2D eigenvalue weighted by Gasteiger charge is 2.25. The van der Waals surface area contributed by atoms with E-state index in [1.54, 1.807) is 11.1 Å². The molecule has 140 valence electrons. The van der Waals surface area contributed by atoms with Crippen molar-refractivity contribution in [2.24, 2.45) is 0 Å². The van der Waals surface area contributed by atoms with E-state index in [1.807, 2.05) is 0 Å². The molecule has 0 saturated heterocycles. The molecule has 2 aromatic carbocycles. The lowest BCUT2D eigenvalue weighted by Gasteiger charge is -2.25. The Morgan fingerprint density at radius 2 is 1.04 bits per heavy atom. The van der Waals surface area contributed by atoms with Crippen LogP contribution in [0.1, 0.15) is 86.1 Å². The van der Waals surface area contributed by atoms with Gasteiger partial charge in [0.2, 0.25) is 0 Å². The predicted octanol–water partition coefficient (Wildman–Crippen LogP) is 7.01. The van der Waals surface area contributed by atoms with Gasteiger partial charge in [0.1, 0.15) is 0 Å². The molecule has 2 aromatic rings. The summed E-state index contributed by atoms with van der Waals surface area (Å²) in [5.74, 6) is 0. The number of hydrogen-bond donors (Lipinski definition) is 0. The van der Waals surface area contributed by atoms with Gasteiger partial charge in [-0.1, -0.05) is 90.1 Å². The third kappa shape index (κ3) is 3.20. The second-order valence-corrected chi connectivity index (χ2v) is 10.2. The Morgan fingerprint density at radius 1 is 0.630 bits per heavy atom. The molecule has 0 saturated carbocycles. The first-order valence-corrected chi connectivity index (χ1v) is 10.3. The fourth-order valence-corrected chi connectivity index (χ4v) is 4.72. The summed E-state index contributed by atoms with van der Waals surface area (Å²) in [4.78, 5) is 0. The monoisotopic (exact) mass is 356 g/mol. The van der Waals surface area contributed by atoms with Gasteiger partial charge < -0.3 is 0 Å². The maximum atomic E-state index is 2.39. The number of benzene rings is 2. The van der Waals surface area contributed by atoms with Crippen LogP contribution in [-0.4, -0.2) is 0 Å². The Hall–Kier alpha value is -2.08. The van der Waals surface area contributed by atoms with Gasteiger partial charge in [0, 0.05) is 0 Å². The van der Waals surface area contributed by atoms with Gasteiger partial charge in [0.05, 0.1) is 0 Å². The third-order valence-electron chi connectivity index (χ3n) is 6.12. The first kappa shape index (κ1) is 18.3. The molecule has 0 nitrogen and oxygen atoms in total. The molecule has 2 aliphatic rings. The van der Waals surface area contributed by atoms with Crippen molar-refractivity contribution in [1.82, 2.24) is 0 Å². The Labute approximate surface area is 165 Å². The molecule has 0 fully saturated rings. The van der Waals surface area contributed by atoms with E-state index in [2.05, 4.69) is 90.1 Å². The SMILES string of the molecule is CC(C)(C)c1ccc(Cc2ccc(C(C)(C)C)c3c2CC=C3)c2c1C=CC2. The summed E-state index contributed by atoms with van der Waals surface area (Å²) in [5.41, 5.74) is 12.4. The van der Waals surface area contributed by atoms with Gasteiger partial charge in [-0.05, 0) is 74.6 Å². The molecular weight excluding hydrogens is 324 g/mol. The maximum Gasteiger partial charge on any atom is -0.00196 e. The van der Waals surface area contributed by atoms with Crippen molar-refractivity contribution in [1.29, 1.82) is 0 Å². The highest BCUT2D eigenvalue weighted by Crippen LogP contribution is 2.38. The molecule has 0 unspecified atom stereocenters. The summed E-state index contributed by atoms with van der Waals surface area (Å²) in [6.07, 6.45) is 12.5. The summed E-state index contributed by atoms with van der Waals surface area (Å²) < 4.78 is 0. The van der Waals surface area contributed by atoms with E-state index in [0.717, 1.165) is 19.3 Å². The largest absolute Gasteiger partial charge is 0.0795 e. The van der Waals surface area contributed by atoms with Crippen LogP contribution in [0.25, 0.3) is 12.2 Å². The molecule has 0 heteroatoms.